The molecule has 0 bridgehead atoms. The molecule has 0 saturated heterocycles. The summed E-state index contributed by atoms with van der Waals surface area (Å²) in [7, 11) is 0. The first-order chi connectivity index (χ1) is 9.29. The summed E-state index contributed by atoms with van der Waals surface area (Å²) in [4.78, 5) is 0. The molecule has 3 aromatic rings. The summed E-state index contributed by atoms with van der Waals surface area (Å²) in [6.45, 7) is 4.36. The molecule has 0 fully saturated rings. The molecule has 0 radical (unpaired) electrons. The molecule has 1 heteroatoms. The number of rotatable bonds is 3. The van der Waals surface area contributed by atoms with Gasteiger partial charge in [-0.2, -0.15) is 0 Å². The summed E-state index contributed by atoms with van der Waals surface area (Å²) in [6.07, 6.45) is 3.42. The summed E-state index contributed by atoms with van der Waals surface area (Å²) < 4.78 is 6.10. The second-order valence-electron chi connectivity index (χ2n) is 5.15. The molecule has 0 aliphatic heterocycles. The third-order valence-corrected chi connectivity index (χ3v) is 3.72. The van der Waals surface area contributed by atoms with Crippen LogP contribution in [-0.4, -0.2) is 0 Å². The minimum absolute atomic E-state index is 0.996. The highest BCUT2D eigenvalue weighted by Crippen LogP contribution is 2.28. The molecule has 19 heavy (non-hydrogen) atoms. The van der Waals surface area contributed by atoms with E-state index in [2.05, 4.69) is 56.3 Å². The van der Waals surface area contributed by atoms with Gasteiger partial charge < -0.3 is 0 Å². The van der Waals surface area contributed by atoms with Gasteiger partial charge in [-0.3, -0.25) is 0 Å². The monoisotopic (exact) mass is 251 g/mol. The Hall–Kier alpha value is -1.89. The molecule has 1 nitrogen and oxygen atoms in total. The summed E-state index contributed by atoms with van der Waals surface area (Å²) in [5.74, 6) is 1.13. The van der Waals surface area contributed by atoms with Crippen LogP contribution in [0.1, 0.15) is 31.1 Å². The fourth-order valence-electron chi connectivity index (χ4n) is 2.61. The van der Waals surface area contributed by atoms with Gasteiger partial charge >= 0.3 is 11.3 Å². The van der Waals surface area contributed by atoms with Gasteiger partial charge in [-0.25, -0.2) is 4.42 Å². The smallest absolute Gasteiger partial charge is 0.212 e. The molecule has 3 rings (SSSR count). The van der Waals surface area contributed by atoms with Gasteiger partial charge in [0.1, 0.15) is 0 Å². The quantitative estimate of drug-likeness (QED) is 0.440. The van der Waals surface area contributed by atoms with Gasteiger partial charge in [0.25, 0.3) is 0 Å². The van der Waals surface area contributed by atoms with Crippen LogP contribution in [0.15, 0.2) is 46.9 Å². The van der Waals surface area contributed by atoms with Gasteiger partial charge in [0.15, 0.2) is 0 Å². The van der Waals surface area contributed by atoms with Crippen molar-refractivity contribution in [1.29, 1.82) is 0 Å². The first-order valence-electron chi connectivity index (χ1n) is 7.03. The zero-order valence-corrected chi connectivity index (χ0v) is 11.6. The maximum atomic E-state index is 6.10. The molecular weight excluding hydrogens is 232 g/mol. The average molecular weight is 251 g/mol. The minimum Gasteiger partial charge on any atom is -0.212 e. The molecule has 1 aromatic heterocycles. The third-order valence-electron chi connectivity index (χ3n) is 3.72. The van der Waals surface area contributed by atoms with Crippen molar-refractivity contribution in [2.45, 2.75) is 33.1 Å². The van der Waals surface area contributed by atoms with Crippen molar-refractivity contribution in [3.63, 3.8) is 0 Å². The normalized spacial score (nSPS) is 11.3. The molecule has 0 atom stereocenters. The van der Waals surface area contributed by atoms with E-state index in [1.165, 1.54) is 34.6 Å². The van der Waals surface area contributed by atoms with Gasteiger partial charge in [-0.1, -0.05) is 37.6 Å². The highest BCUT2D eigenvalue weighted by atomic mass is 16.3. The molecule has 0 saturated carbocycles. The SMILES string of the molecule is CCCCc1[o+]c2ccc3ccccc3c2cc1C. The number of benzene rings is 2. The summed E-state index contributed by atoms with van der Waals surface area (Å²) >= 11 is 0. The average Bonchev–Trinajstić information content (AvgIpc) is 2.45. The van der Waals surface area contributed by atoms with Crippen LogP contribution in [0.25, 0.3) is 21.7 Å². The second-order valence-corrected chi connectivity index (χ2v) is 5.15. The second kappa shape index (κ2) is 5.00. The van der Waals surface area contributed by atoms with Crippen LogP contribution >= 0.6 is 0 Å². The van der Waals surface area contributed by atoms with Gasteiger partial charge in [0.05, 0.1) is 11.8 Å². The Bertz CT molecular complexity index is 728. The Labute approximate surface area is 113 Å². The molecule has 1 heterocycles. The topological polar surface area (TPSA) is 11.3 Å². The Morgan fingerprint density at radius 2 is 1.84 bits per heavy atom. The molecule has 0 aliphatic carbocycles. The van der Waals surface area contributed by atoms with E-state index in [0.29, 0.717) is 0 Å². The first-order valence-corrected chi connectivity index (χ1v) is 7.03. The van der Waals surface area contributed by atoms with Crippen molar-refractivity contribution in [2.75, 3.05) is 0 Å². The van der Waals surface area contributed by atoms with E-state index in [1.54, 1.807) is 0 Å². The standard InChI is InChI=1S/C18H19O/c1-3-4-9-17-13(2)12-16-15-8-6-5-7-14(15)10-11-18(16)19-17/h5-8,10-12H,3-4,9H2,1-2H3/q+1. The van der Waals surface area contributed by atoms with E-state index in [-0.39, 0.29) is 0 Å². The molecule has 0 aliphatic rings. The number of fused-ring (bicyclic) bond motifs is 3. The van der Waals surface area contributed by atoms with Crippen molar-refractivity contribution in [3.8, 4) is 0 Å². The lowest BCUT2D eigenvalue weighted by molar-refractivity contribution is 0.520. The minimum atomic E-state index is 0.996. The van der Waals surface area contributed by atoms with E-state index < -0.39 is 0 Å². The fraction of sp³-hybridized carbons (Fsp3) is 0.278. The van der Waals surface area contributed by atoms with Gasteiger partial charge in [-0.05, 0) is 36.2 Å². The Kier molecular flexibility index (Phi) is 3.20. The van der Waals surface area contributed by atoms with Gasteiger partial charge in [0.2, 0.25) is 0 Å². The molecule has 0 N–H and O–H groups in total. The van der Waals surface area contributed by atoms with E-state index in [1.807, 2.05) is 0 Å². The van der Waals surface area contributed by atoms with Crippen LogP contribution in [0.5, 0.6) is 0 Å². The highest BCUT2D eigenvalue weighted by Gasteiger charge is 2.17. The zero-order chi connectivity index (χ0) is 13.2. The van der Waals surface area contributed by atoms with Crippen LogP contribution in [0.3, 0.4) is 0 Å². The Morgan fingerprint density at radius 1 is 1.00 bits per heavy atom. The van der Waals surface area contributed by atoms with E-state index >= 15 is 0 Å². The zero-order valence-electron chi connectivity index (χ0n) is 11.6. The summed E-state index contributed by atoms with van der Waals surface area (Å²) in [5.41, 5.74) is 2.26. The summed E-state index contributed by atoms with van der Waals surface area (Å²) in [5, 5.41) is 3.76. The van der Waals surface area contributed by atoms with E-state index in [4.69, 9.17) is 4.42 Å². The van der Waals surface area contributed by atoms with E-state index in [9.17, 15) is 0 Å². The lowest BCUT2D eigenvalue weighted by atomic mass is 10.0. The predicted molar refractivity (Wildman–Crippen MR) is 81.5 cm³/mol. The largest absolute Gasteiger partial charge is 0.360 e. The maximum absolute atomic E-state index is 6.10. The highest BCUT2D eigenvalue weighted by molar-refractivity contribution is 6.05. The predicted octanol–water partition coefficient (Wildman–Crippen LogP) is 5.52. The number of unbranched alkanes of at least 4 members (excludes halogenated alkanes) is 1. The lowest BCUT2D eigenvalue weighted by Crippen LogP contribution is -1.90. The Morgan fingerprint density at radius 3 is 2.68 bits per heavy atom. The van der Waals surface area contributed by atoms with Crippen LogP contribution < -0.4 is 0 Å². The fourth-order valence-corrected chi connectivity index (χ4v) is 2.61. The molecule has 96 valence electrons. The van der Waals surface area contributed by atoms with Crippen LogP contribution in [0.2, 0.25) is 0 Å². The maximum Gasteiger partial charge on any atom is 0.360 e. The van der Waals surface area contributed by atoms with Crippen LogP contribution in [0, 0.1) is 6.92 Å². The van der Waals surface area contributed by atoms with Crippen molar-refractivity contribution < 1.29 is 4.42 Å². The van der Waals surface area contributed by atoms with Crippen molar-refractivity contribution in [2.24, 2.45) is 0 Å². The van der Waals surface area contributed by atoms with Crippen LogP contribution in [0.4, 0.5) is 0 Å². The van der Waals surface area contributed by atoms with Crippen molar-refractivity contribution >= 4 is 21.7 Å². The molecule has 2 aromatic carbocycles. The number of hydrogen-bond donors (Lipinski definition) is 0. The van der Waals surface area contributed by atoms with E-state index in [0.717, 1.165) is 17.8 Å². The van der Waals surface area contributed by atoms with Gasteiger partial charge in [-0.15, -0.1) is 0 Å². The number of hydrogen-bond acceptors (Lipinski definition) is 0. The van der Waals surface area contributed by atoms with Crippen molar-refractivity contribution in [3.05, 3.63) is 53.8 Å². The molecular formula is C18H19O+. The summed E-state index contributed by atoms with van der Waals surface area (Å²) in [6, 6.07) is 15.0. The van der Waals surface area contributed by atoms with Crippen LogP contribution in [-0.2, 0) is 6.42 Å². The number of aryl methyl sites for hydroxylation is 2. The third kappa shape index (κ3) is 2.21. The molecule has 0 amide bonds. The Balaban J connectivity index is 2.22. The van der Waals surface area contributed by atoms with Crippen molar-refractivity contribution in [1.82, 2.24) is 0 Å². The molecule has 0 spiro atoms. The first kappa shape index (κ1) is 12.2. The molecule has 0 unspecified atom stereocenters. The lowest BCUT2D eigenvalue weighted by Gasteiger charge is -2.00. The van der Waals surface area contributed by atoms with Gasteiger partial charge in [0, 0.05) is 11.6 Å².